The molecule has 0 atom stereocenters. The standard InChI is InChI=1S/C20H16ClN3O3/c21-15-4-1-2-5-17(15)24-18(12-16(22-24)20(26)27)13-6-8-14(9-7-13)19(25)23-10-3-11-23/h1-2,4-9,12H,3,10-11H2,(H,26,27). The fourth-order valence-electron chi connectivity index (χ4n) is 2.98. The monoisotopic (exact) mass is 381 g/mol. The van der Waals surface area contributed by atoms with E-state index in [1.165, 1.54) is 10.7 Å². The van der Waals surface area contributed by atoms with E-state index in [-0.39, 0.29) is 11.6 Å². The topological polar surface area (TPSA) is 75.4 Å². The lowest BCUT2D eigenvalue weighted by atomic mass is 10.1. The van der Waals surface area contributed by atoms with E-state index in [4.69, 9.17) is 11.6 Å². The smallest absolute Gasteiger partial charge is 0.356 e. The van der Waals surface area contributed by atoms with E-state index >= 15 is 0 Å². The van der Waals surface area contributed by atoms with Gasteiger partial charge in [0.05, 0.1) is 16.4 Å². The van der Waals surface area contributed by atoms with Crippen LogP contribution in [0.3, 0.4) is 0 Å². The van der Waals surface area contributed by atoms with Gasteiger partial charge in [-0.15, -0.1) is 0 Å². The Labute approximate surface area is 160 Å². The highest BCUT2D eigenvalue weighted by Gasteiger charge is 2.22. The summed E-state index contributed by atoms with van der Waals surface area (Å²) in [6, 6.07) is 15.7. The fraction of sp³-hybridized carbons (Fsp3) is 0.150. The largest absolute Gasteiger partial charge is 0.476 e. The van der Waals surface area contributed by atoms with Crippen molar-refractivity contribution in [3.05, 3.63) is 70.9 Å². The zero-order valence-electron chi connectivity index (χ0n) is 14.3. The molecule has 0 spiro atoms. The van der Waals surface area contributed by atoms with Gasteiger partial charge in [-0.3, -0.25) is 4.79 Å². The van der Waals surface area contributed by atoms with Gasteiger partial charge in [0.25, 0.3) is 5.91 Å². The minimum Gasteiger partial charge on any atom is -0.476 e. The van der Waals surface area contributed by atoms with Gasteiger partial charge in [-0.1, -0.05) is 35.9 Å². The Hall–Kier alpha value is -3.12. The molecule has 7 heteroatoms. The summed E-state index contributed by atoms with van der Waals surface area (Å²) in [5, 5.41) is 14.0. The number of amides is 1. The molecule has 0 unspecified atom stereocenters. The molecule has 2 aromatic carbocycles. The number of likely N-dealkylation sites (tertiary alicyclic amines) is 1. The van der Waals surface area contributed by atoms with Crippen molar-refractivity contribution in [1.82, 2.24) is 14.7 Å². The van der Waals surface area contributed by atoms with Crippen LogP contribution in [-0.4, -0.2) is 44.8 Å². The van der Waals surface area contributed by atoms with Crippen molar-refractivity contribution in [3.8, 4) is 16.9 Å². The zero-order chi connectivity index (χ0) is 19.0. The van der Waals surface area contributed by atoms with Crippen LogP contribution < -0.4 is 0 Å². The number of aromatic carboxylic acids is 1. The molecule has 6 nitrogen and oxygen atoms in total. The summed E-state index contributed by atoms with van der Waals surface area (Å²) in [6.45, 7) is 1.59. The number of rotatable bonds is 4. The first kappa shape index (κ1) is 17.3. The Bertz CT molecular complexity index is 1020. The number of carbonyl (C=O) groups is 2. The maximum atomic E-state index is 12.3. The van der Waals surface area contributed by atoms with Crippen LogP contribution in [0.2, 0.25) is 5.02 Å². The molecule has 1 aliphatic heterocycles. The van der Waals surface area contributed by atoms with Crippen LogP contribution >= 0.6 is 11.6 Å². The Morgan fingerprint density at radius 3 is 2.33 bits per heavy atom. The van der Waals surface area contributed by atoms with E-state index in [0.717, 1.165) is 25.1 Å². The predicted octanol–water partition coefficient (Wildman–Crippen LogP) is 3.74. The number of nitrogens with zero attached hydrogens (tertiary/aromatic N) is 3. The summed E-state index contributed by atoms with van der Waals surface area (Å²) in [7, 11) is 0. The first-order valence-electron chi connectivity index (χ1n) is 8.52. The van der Waals surface area contributed by atoms with Crippen LogP contribution in [0.15, 0.2) is 54.6 Å². The maximum Gasteiger partial charge on any atom is 0.356 e. The van der Waals surface area contributed by atoms with E-state index in [1.54, 1.807) is 47.4 Å². The molecule has 1 N–H and O–H groups in total. The molecule has 1 saturated heterocycles. The number of halogens is 1. The molecule has 1 aromatic heterocycles. The van der Waals surface area contributed by atoms with Crippen LogP contribution in [0.25, 0.3) is 16.9 Å². The van der Waals surface area contributed by atoms with Gasteiger partial charge in [0.15, 0.2) is 5.69 Å². The molecule has 0 saturated carbocycles. The summed E-state index contributed by atoms with van der Waals surface area (Å²) in [6.07, 6.45) is 1.04. The van der Waals surface area contributed by atoms with Crippen LogP contribution in [0.5, 0.6) is 0 Å². The summed E-state index contributed by atoms with van der Waals surface area (Å²) >= 11 is 6.27. The molecule has 136 valence electrons. The van der Waals surface area contributed by atoms with Crippen molar-refractivity contribution in [1.29, 1.82) is 0 Å². The molecule has 27 heavy (non-hydrogen) atoms. The minimum atomic E-state index is -1.12. The number of hydrogen-bond donors (Lipinski definition) is 1. The molecule has 0 bridgehead atoms. The number of carboxylic acid groups (broad SMARTS) is 1. The average molecular weight is 382 g/mol. The zero-order valence-corrected chi connectivity index (χ0v) is 15.1. The van der Waals surface area contributed by atoms with Crippen LogP contribution in [0.1, 0.15) is 27.3 Å². The van der Waals surface area contributed by atoms with E-state index in [1.807, 2.05) is 6.07 Å². The number of aromatic nitrogens is 2. The lowest BCUT2D eigenvalue weighted by Crippen LogP contribution is -2.41. The van der Waals surface area contributed by atoms with Crippen molar-refractivity contribution in [2.75, 3.05) is 13.1 Å². The quantitative estimate of drug-likeness (QED) is 0.747. The second-order valence-electron chi connectivity index (χ2n) is 6.31. The molecule has 1 fully saturated rings. The number of carboxylic acids is 1. The number of hydrogen-bond acceptors (Lipinski definition) is 3. The minimum absolute atomic E-state index is 0.0126. The third-order valence-electron chi connectivity index (χ3n) is 4.58. The summed E-state index contributed by atoms with van der Waals surface area (Å²) in [5.74, 6) is -1.11. The van der Waals surface area contributed by atoms with E-state index in [2.05, 4.69) is 5.10 Å². The fourth-order valence-corrected chi connectivity index (χ4v) is 3.20. The van der Waals surface area contributed by atoms with Gasteiger partial charge >= 0.3 is 5.97 Å². The highest BCUT2D eigenvalue weighted by Crippen LogP contribution is 2.28. The molecule has 0 radical (unpaired) electrons. The maximum absolute atomic E-state index is 12.3. The van der Waals surface area contributed by atoms with Crippen molar-refractivity contribution in [2.45, 2.75) is 6.42 Å². The molecule has 2 heterocycles. The van der Waals surface area contributed by atoms with E-state index in [0.29, 0.717) is 22.0 Å². The number of para-hydroxylation sites is 1. The van der Waals surface area contributed by atoms with Gasteiger partial charge in [0.2, 0.25) is 0 Å². The summed E-state index contributed by atoms with van der Waals surface area (Å²) < 4.78 is 1.51. The van der Waals surface area contributed by atoms with Gasteiger partial charge in [-0.05, 0) is 36.8 Å². The Morgan fingerprint density at radius 1 is 1.04 bits per heavy atom. The molecule has 1 aliphatic rings. The van der Waals surface area contributed by atoms with Gasteiger partial charge in [-0.2, -0.15) is 5.10 Å². The van der Waals surface area contributed by atoms with E-state index < -0.39 is 5.97 Å². The van der Waals surface area contributed by atoms with Crippen molar-refractivity contribution in [3.63, 3.8) is 0 Å². The van der Waals surface area contributed by atoms with Gasteiger partial charge < -0.3 is 10.0 Å². The van der Waals surface area contributed by atoms with Crippen LogP contribution in [0.4, 0.5) is 0 Å². The molecule has 0 aliphatic carbocycles. The molecular weight excluding hydrogens is 366 g/mol. The third-order valence-corrected chi connectivity index (χ3v) is 4.90. The summed E-state index contributed by atoms with van der Waals surface area (Å²) in [4.78, 5) is 25.5. The average Bonchev–Trinajstić information content (AvgIpc) is 3.06. The molecule has 3 aromatic rings. The van der Waals surface area contributed by atoms with Gasteiger partial charge in [-0.25, -0.2) is 9.48 Å². The highest BCUT2D eigenvalue weighted by molar-refractivity contribution is 6.32. The Balaban J connectivity index is 1.75. The SMILES string of the molecule is O=C(O)c1cc(-c2ccc(C(=O)N3CCC3)cc2)n(-c2ccccc2Cl)n1. The number of benzene rings is 2. The lowest BCUT2D eigenvalue weighted by molar-refractivity contribution is 0.0650. The Morgan fingerprint density at radius 2 is 1.74 bits per heavy atom. The van der Waals surface area contributed by atoms with Gasteiger partial charge in [0.1, 0.15) is 0 Å². The van der Waals surface area contributed by atoms with Crippen molar-refractivity contribution >= 4 is 23.5 Å². The second kappa shape index (κ2) is 6.89. The highest BCUT2D eigenvalue weighted by atomic mass is 35.5. The van der Waals surface area contributed by atoms with Crippen LogP contribution in [-0.2, 0) is 0 Å². The predicted molar refractivity (Wildman–Crippen MR) is 101 cm³/mol. The normalized spacial score (nSPS) is 13.3. The molecule has 1 amide bonds. The lowest BCUT2D eigenvalue weighted by Gasteiger charge is -2.30. The third kappa shape index (κ3) is 3.19. The summed E-state index contributed by atoms with van der Waals surface area (Å²) in [5.41, 5.74) is 2.45. The number of carbonyl (C=O) groups excluding carboxylic acids is 1. The van der Waals surface area contributed by atoms with E-state index in [9.17, 15) is 14.7 Å². The first-order chi connectivity index (χ1) is 13.0. The van der Waals surface area contributed by atoms with Gasteiger partial charge in [0, 0.05) is 24.2 Å². The van der Waals surface area contributed by atoms with Crippen molar-refractivity contribution < 1.29 is 14.7 Å². The molecular formula is C20H16ClN3O3. The van der Waals surface area contributed by atoms with Crippen LogP contribution in [0, 0.1) is 0 Å². The first-order valence-corrected chi connectivity index (χ1v) is 8.90. The second-order valence-corrected chi connectivity index (χ2v) is 6.71. The van der Waals surface area contributed by atoms with Crippen molar-refractivity contribution in [2.24, 2.45) is 0 Å². The Kier molecular flexibility index (Phi) is 4.41. The molecule has 4 rings (SSSR count).